The molecule has 1 amide bonds. The first-order valence-corrected chi connectivity index (χ1v) is 22.6. The zero-order valence-electron chi connectivity index (χ0n) is 32.4. The molecule has 1 aliphatic heterocycles. The van der Waals surface area contributed by atoms with Crippen molar-refractivity contribution in [2.75, 3.05) is 6.61 Å². The lowest BCUT2D eigenvalue weighted by Gasteiger charge is -2.53. The van der Waals surface area contributed by atoms with Crippen LogP contribution in [0.15, 0.2) is 121 Å². The van der Waals surface area contributed by atoms with Gasteiger partial charge in [-0.3, -0.25) is 4.90 Å². The molecule has 1 N–H and O–H groups in total. The number of benzene rings is 4. The third-order valence-corrected chi connectivity index (χ3v) is 21.2. The molecule has 0 radical (unpaired) electrons. The van der Waals surface area contributed by atoms with Crippen LogP contribution in [0.4, 0.5) is 4.79 Å². The van der Waals surface area contributed by atoms with Crippen molar-refractivity contribution in [2.45, 2.75) is 109 Å². The quantitative estimate of drug-likeness (QED) is 0.190. The maximum atomic E-state index is 14.2. The third kappa shape index (κ3) is 6.73. The van der Waals surface area contributed by atoms with Gasteiger partial charge in [-0.15, -0.1) is 0 Å². The first-order valence-electron chi connectivity index (χ1n) is 18.7. The second-order valence-corrected chi connectivity index (χ2v) is 26.1. The standard InChI is InChI=1S/C44H57NO5Si2/c1-42(2,3)48-41(47)45-37-30-36(38(45)31-46)39(49-51(43(4,5)6,32-22-14-10-15-23-32)33-24-16-11-17-25-33)40(37)50-52(44(7,8)9,34-26-18-12-19-27-34)35-28-20-13-21-29-35/h10-29,36-40,46H,30-31H2,1-9H3/t36-,37-,38+,39-,40+/m1/s1. The van der Waals surface area contributed by atoms with Gasteiger partial charge in [0.25, 0.3) is 16.6 Å². The number of aliphatic hydroxyl groups is 1. The number of carbonyl (C=O) groups is 1. The number of ether oxygens (including phenoxy) is 1. The van der Waals surface area contributed by atoms with Crippen LogP contribution in [0.3, 0.4) is 0 Å². The van der Waals surface area contributed by atoms with Gasteiger partial charge in [-0.1, -0.05) is 163 Å². The smallest absolute Gasteiger partial charge is 0.410 e. The average molecular weight is 736 g/mol. The van der Waals surface area contributed by atoms with Gasteiger partial charge in [-0.25, -0.2) is 4.79 Å². The summed E-state index contributed by atoms with van der Waals surface area (Å²) in [5.41, 5.74) is -0.696. The van der Waals surface area contributed by atoms with Gasteiger partial charge >= 0.3 is 6.09 Å². The Hall–Kier alpha value is -3.54. The van der Waals surface area contributed by atoms with Crippen LogP contribution in [-0.2, 0) is 13.6 Å². The predicted molar refractivity (Wildman–Crippen MR) is 216 cm³/mol. The number of hydrogen-bond acceptors (Lipinski definition) is 5. The molecule has 6 rings (SSSR count). The number of amides is 1. The molecule has 4 aromatic rings. The molecule has 4 aromatic carbocycles. The van der Waals surface area contributed by atoms with Gasteiger partial charge in [0.2, 0.25) is 0 Å². The molecule has 0 aromatic heterocycles. The summed E-state index contributed by atoms with van der Waals surface area (Å²) in [4.78, 5) is 16.0. The highest BCUT2D eigenvalue weighted by atomic mass is 28.4. The Kier molecular flexibility index (Phi) is 10.6. The zero-order chi connectivity index (χ0) is 37.5. The van der Waals surface area contributed by atoms with Crippen LogP contribution in [0, 0.1) is 5.92 Å². The summed E-state index contributed by atoms with van der Waals surface area (Å²) in [7, 11) is -6.21. The molecule has 1 saturated heterocycles. The molecule has 1 saturated carbocycles. The van der Waals surface area contributed by atoms with E-state index in [0.717, 1.165) is 0 Å². The Bertz CT molecular complexity index is 1710. The monoisotopic (exact) mass is 735 g/mol. The van der Waals surface area contributed by atoms with Gasteiger partial charge < -0.3 is 18.7 Å². The largest absolute Gasteiger partial charge is 0.444 e. The van der Waals surface area contributed by atoms with Crippen molar-refractivity contribution in [3.05, 3.63) is 121 Å². The van der Waals surface area contributed by atoms with E-state index in [9.17, 15) is 9.90 Å². The Labute approximate surface area is 313 Å². The number of nitrogens with zero attached hydrogens (tertiary/aromatic N) is 1. The lowest BCUT2D eigenvalue weighted by atomic mass is 9.95. The minimum atomic E-state index is -3.12. The third-order valence-electron chi connectivity index (χ3n) is 11.1. The summed E-state index contributed by atoms with van der Waals surface area (Å²) in [5.74, 6) is -0.174. The summed E-state index contributed by atoms with van der Waals surface area (Å²) >= 11 is 0. The number of piperidine rings is 1. The van der Waals surface area contributed by atoms with Crippen molar-refractivity contribution in [1.29, 1.82) is 0 Å². The van der Waals surface area contributed by atoms with E-state index in [1.807, 2.05) is 20.8 Å². The van der Waals surface area contributed by atoms with Gasteiger partial charge in [-0.05, 0) is 58.0 Å². The predicted octanol–water partition coefficient (Wildman–Crippen LogP) is 6.88. The number of carbonyl (C=O) groups excluding carboxylic acids is 1. The van der Waals surface area contributed by atoms with Gasteiger partial charge in [-0.2, -0.15) is 0 Å². The minimum Gasteiger partial charge on any atom is -0.444 e. The molecule has 2 aliphatic rings. The summed E-state index contributed by atoms with van der Waals surface area (Å²) < 4.78 is 22.1. The molecular formula is C44H57NO5Si2. The van der Waals surface area contributed by atoms with Crippen molar-refractivity contribution < 1.29 is 23.5 Å². The number of hydrogen-bond donors (Lipinski definition) is 1. The summed E-state index contributed by atoms with van der Waals surface area (Å²) in [6, 6.07) is 41.9. The Morgan fingerprint density at radius 1 is 0.615 bits per heavy atom. The molecular weight excluding hydrogens is 679 g/mol. The van der Waals surface area contributed by atoms with Crippen LogP contribution in [0.25, 0.3) is 0 Å². The number of aliphatic hydroxyl groups excluding tert-OH is 1. The molecule has 6 nitrogen and oxygen atoms in total. The fraction of sp³-hybridized carbons (Fsp3) is 0.432. The Balaban J connectivity index is 1.59. The summed E-state index contributed by atoms with van der Waals surface area (Å²) in [6.07, 6.45) is -0.669. The first kappa shape index (κ1) is 38.2. The van der Waals surface area contributed by atoms with Gasteiger partial charge in [0.1, 0.15) is 5.60 Å². The lowest BCUT2D eigenvalue weighted by molar-refractivity contribution is -0.0679. The Morgan fingerprint density at radius 3 is 1.27 bits per heavy atom. The highest BCUT2D eigenvalue weighted by Gasteiger charge is 2.66. The molecule has 52 heavy (non-hydrogen) atoms. The van der Waals surface area contributed by atoms with Crippen LogP contribution in [0.1, 0.15) is 68.7 Å². The second kappa shape index (κ2) is 14.4. The van der Waals surface area contributed by atoms with E-state index in [-0.39, 0.29) is 28.6 Å². The molecule has 5 atom stereocenters. The van der Waals surface area contributed by atoms with E-state index in [1.54, 1.807) is 4.90 Å². The molecule has 1 aliphatic carbocycles. The van der Waals surface area contributed by atoms with Crippen LogP contribution >= 0.6 is 0 Å². The minimum absolute atomic E-state index is 0.174. The molecule has 0 spiro atoms. The van der Waals surface area contributed by atoms with E-state index < -0.39 is 46.6 Å². The summed E-state index contributed by atoms with van der Waals surface area (Å²) in [6.45, 7) is 19.2. The van der Waals surface area contributed by atoms with Crippen LogP contribution < -0.4 is 20.7 Å². The molecule has 2 bridgehead atoms. The van der Waals surface area contributed by atoms with Crippen LogP contribution in [0.2, 0.25) is 10.1 Å². The van der Waals surface area contributed by atoms with E-state index in [1.165, 1.54) is 20.7 Å². The van der Waals surface area contributed by atoms with Gasteiger partial charge in [0, 0.05) is 5.92 Å². The fourth-order valence-electron chi connectivity index (χ4n) is 9.01. The molecule has 8 heteroatoms. The molecule has 276 valence electrons. The van der Waals surface area contributed by atoms with Gasteiger partial charge in [0.15, 0.2) is 0 Å². The highest BCUT2D eigenvalue weighted by molar-refractivity contribution is 7.00. The topological polar surface area (TPSA) is 68.2 Å². The van der Waals surface area contributed by atoms with E-state index in [4.69, 9.17) is 13.6 Å². The zero-order valence-corrected chi connectivity index (χ0v) is 34.4. The lowest BCUT2D eigenvalue weighted by Crippen LogP contribution is -2.73. The van der Waals surface area contributed by atoms with Crippen molar-refractivity contribution in [2.24, 2.45) is 5.92 Å². The van der Waals surface area contributed by atoms with Crippen molar-refractivity contribution in [3.8, 4) is 0 Å². The normalized spacial score (nSPS) is 22.4. The molecule has 2 fully saturated rings. The fourth-order valence-corrected chi connectivity index (χ4v) is 18.5. The van der Waals surface area contributed by atoms with E-state index >= 15 is 0 Å². The van der Waals surface area contributed by atoms with Crippen molar-refractivity contribution >= 4 is 43.5 Å². The maximum Gasteiger partial charge on any atom is 0.410 e. The SMILES string of the molecule is CC(C)(C)OC(=O)N1[C@@H]2C[C@@H]([C@@H](O[Si](c3ccccc3)(c3ccccc3)C(C)(C)C)[C@H]2O[Si](c2ccccc2)(c2ccccc2)C(C)(C)C)[C@@H]1CO. The van der Waals surface area contributed by atoms with Crippen LogP contribution in [-0.4, -0.2) is 69.2 Å². The number of likely N-dealkylation sites (tertiary alicyclic amines) is 1. The molecule has 0 unspecified atom stereocenters. The Morgan fingerprint density at radius 2 is 0.962 bits per heavy atom. The van der Waals surface area contributed by atoms with E-state index in [2.05, 4.69) is 163 Å². The summed E-state index contributed by atoms with van der Waals surface area (Å²) in [5, 5.41) is 15.2. The van der Waals surface area contributed by atoms with E-state index in [0.29, 0.717) is 6.42 Å². The first-order chi connectivity index (χ1) is 24.5. The second-order valence-electron chi connectivity index (χ2n) is 17.6. The number of rotatable bonds is 9. The number of fused-ring (bicyclic) bond motifs is 2. The molecule has 1 heterocycles. The highest BCUT2D eigenvalue weighted by Crippen LogP contribution is 2.51. The van der Waals surface area contributed by atoms with Crippen LogP contribution in [0.5, 0.6) is 0 Å². The average Bonchev–Trinajstić information content (AvgIpc) is 3.65. The maximum absolute atomic E-state index is 14.2. The van der Waals surface area contributed by atoms with Crippen molar-refractivity contribution in [3.63, 3.8) is 0 Å². The van der Waals surface area contributed by atoms with Gasteiger partial charge in [0.05, 0.1) is 30.9 Å². The van der Waals surface area contributed by atoms with Crippen molar-refractivity contribution in [1.82, 2.24) is 4.90 Å².